The molecule has 1 heterocycles. The van der Waals surface area contributed by atoms with E-state index >= 15 is 0 Å². The van der Waals surface area contributed by atoms with E-state index in [4.69, 9.17) is 0 Å². The van der Waals surface area contributed by atoms with E-state index in [9.17, 15) is 4.39 Å². The van der Waals surface area contributed by atoms with Crippen molar-refractivity contribution in [1.82, 2.24) is 9.88 Å². The van der Waals surface area contributed by atoms with Crippen LogP contribution in [0.2, 0.25) is 0 Å². The Morgan fingerprint density at radius 2 is 2.16 bits per heavy atom. The largest absolute Gasteiger partial charge is 0.349 e. The Balaban J connectivity index is 2.01. The van der Waals surface area contributed by atoms with Crippen molar-refractivity contribution < 1.29 is 4.39 Å². The minimum Gasteiger partial charge on any atom is -0.349 e. The molecule has 19 heavy (non-hydrogen) atoms. The van der Waals surface area contributed by atoms with E-state index in [2.05, 4.69) is 40.4 Å². The van der Waals surface area contributed by atoms with Gasteiger partial charge in [0, 0.05) is 35.5 Å². The zero-order valence-electron chi connectivity index (χ0n) is 11.0. The third-order valence-electron chi connectivity index (χ3n) is 2.93. The lowest BCUT2D eigenvalue weighted by atomic mass is 10.2. The molecule has 0 atom stereocenters. The summed E-state index contributed by atoms with van der Waals surface area (Å²) in [4.78, 5) is 0. The van der Waals surface area contributed by atoms with Crippen molar-refractivity contribution in [1.29, 1.82) is 0 Å². The van der Waals surface area contributed by atoms with Crippen molar-refractivity contribution in [3.63, 3.8) is 0 Å². The molecule has 102 valence electrons. The highest BCUT2D eigenvalue weighted by Gasteiger charge is 2.04. The summed E-state index contributed by atoms with van der Waals surface area (Å²) in [5.41, 5.74) is 1.92. The van der Waals surface area contributed by atoms with Gasteiger partial charge in [-0.2, -0.15) is 0 Å². The Bertz CT molecular complexity index is 537. The SMILES string of the molecule is CCCNCc1ccn(Cc2cc(Br)ccc2F)c1. The van der Waals surface area contributed by atoms with Gasteiger partial charge in [0.15, 0.2) is 0 Å². The number of benzene rings is 1. The number of hydrogen-bond donors (Lipinski definition) is 1. The highest BCUT2D eigenvalue weighted by Crippen LogP contribution is 2.17. The molecule has 0 unspecified atom stereocenters. The Hall–Kier alpha value is -1.13. The van der Waals surface area contributed by atoms with Crippen LogP contribution in [-0.2, 0) is 13.1 Å². The minimum absolute atomic E-state index is 0.164. The summed E-state index contributed by atoms with van der Waals surface area (Å²) in [5.74, 6) is -0.164. The number of hydrogen-bond acceptors (Lipinski definition) is 1. The van der Waals surface area contributed by atoms with Crippen LogP contribution in [-0.4, -0.2) is 11.1 Å². The van der Waals surface area contributed by atoms with Gasteiger partial charge in [-0.25, -0.2) is 4.39 Å². The predicted molar refractivity (Wildman–Crippen MR) is 79.6 cm³/mol. The van der Waals surface area contributed by atoms with E-state index in [0.29, 0.717) is 12.1 Å². The number of halogens is 2. The molecular weight excluding hydrogens is 307 g/mol. The van der Waals surface area contributed by atoms with Gasteiger partial charge in [-0.15, -0.1) is 0 Å². The molecule has 0 saturated heterocycles. The summed E-state index contributed by atoms with van der Waals surface area (Å²) in [6.45, 7) is 4.58. The molecule has 0 fully saturated rings. The molecule has 0 radical (unpaired) electrons. The molecule has 2 nitrogen and oxygen atoms in total. The zero-order valence-corrected chi connectivity index (χ0v) is 12.6. The van der Waals surface area contributed by atoms with Crippen molar-refractivity contribution in [2.24, 2.45) is 0 Å². The van der Waals surface area contributed by atoms with Gasteiger partial charge in [0.1, 0.15) is 5.82 Å². The van der Waals surface area contributed by atoms with Gasteiger partial charge >= 0.3 is 0 Å². The van der Waals surface area contributed by atoms with Gasteiger partial charge in [0.05, 0.1) is 0 Å². The van der Waals surface area contributed by atoms with Crippen LogP contribution in [0.3, 0.4) is 0 Å². The third-order valence-corrected chi connectivity index (χ3v) is 3.42. The summed E-state index contributed by atoms with van der Waals surface area (Å²) in [5, 5.41) is 3.35. The molecule has 0 amide bonds. The molecule has 0 aliphatic rings. The molecule has 2 aromatic rings. The Morgan fingerprint density at radius 3 is 2.95 bits per heavy atom. The fourth-order valence-electron chi connectivity index (χ4n) is 1.96. The monoisotopic (exact) mass is 324 g/mol. The summed E-state index contributed by atoms with van der Waals surface area (Å²) in [6.07, 6.45) is 5.18. The molecule has 1 N–H and O–H groups in total. The maximum absolute atomic E-state index is 13.7. The summed E-state index contributed by atoms with van der Waals surface area (Å²) in [6, 6.07) is 7.10. The second-order valence-electron chi connectivity index (χ2n) is 4.60. The lowest BCUT2D eigenvalue weighted by Crippen LogP contribution is -2.13. The van der Waals surface area contributed by atoms with E-state index < -0.39 is 0 Å². The predicted octanol–water partition coefficient (Wildman–Crippen LogP) is 3.94. The van der Waals surface area contributed by atoms with Crippen LogP contribution in [0.15, 0.2) is 41.1 Å². The van der Waals surface area contributed by atoms with Crippen LogP contribution in [0, 0.1) is 5.82 Å². The van der Waals surface area contributed by atoms with Gasteiger partial charge in [-0.3, -0.25) is 0 Å². The molecule has 1 aromatic heterocycles. The second-order valence-corrected chi connectivity index (χ2v) is 5.52. The highest BCUT2D eigenvalue weighted by molar-refractivity contribution is 9.10. The van der Waals surface area contributed by atoms with Crippen LogP contribution in [0.25, 0.3) is 0 Å². The minimum atomic E-state index is -0.164. The number of nitrogens with zero attached hydrogens (tertiary/aromatic N) is 1. The van der Waals surface area contributed by atoms with Crippen molar-refractivity contribution in [2.75, 3.05) is 6.54 Å². The standard InChI is InChI=1S/C15H18BrFN2/c1-2-6-18-9-12-5-7-19(10-12)11-13-8-14(16)3-4-15(13)17/h3-5,7-8,10,18H,2,6,9,11H2,1H3. The quantitative estimate of drug-likeness (QED) is 0.796. The molecule has 0 bridgehead atoms. The first-order valence-electron chi connectivity index (χ1n) is 6.48. The summed E-state index contributed by atoms with van der Waals surface area (Å²) >= 11 is 3.37. The first-order chi connectivity index (χ1) is 9.19. The molecule has 0 spiro atoms. The van der Waals surface area contributed by atoms with Crippen LogP contribution in [0.1, 0.15) is 24.5 Å². The Kier molecular flexibility index (Phi) is 5.16. The average Bonchev–Trinajstić information content (AvgIpc) is 2.82. The highest BCUT2D eigenvalue weighted by atomic mass is 79.9. The normalized spacial score (nSPS) is 10.9. The van der Waals surface area contributed by atoms with Crippen molar-refractivity contribution in [3.05, 3.63) is 58.1 Å². The number of aromatic nitrogens is 1. The van der Waals surface area contributed by atoms with E-state index in [1.54, 1.807) is 6.07 Å². The summed E-state index contributed by atoms with van der Waals surface area (Å²) < 4.78 is 16.6. The van der Waals surface area contributed by atoms with Crippen LogP contribution >= 0.6 is 15.9 Å². The lowest BCUT2D eigenvalue weighted by molar-refractivity contribution is 0.599. The molecule has 0 aliphatic heterocycles. The second kappa shape index (κ2) is 6.87. The topological polar surface area (TPSA) is 17.0 Å². The maximum Gasteiger partial charge on any atom is 0.128 e. The van der Waals surface area contributed by atoms with Crippen molar-refractivity contribution in [3.8, 4) is 0 Å². The fourth-order valence-corrected chi connectivity index (χ4v) is 2.37. The fraction of sp³-hybridized carbons (Fsp3) is 0.333. The zero-order chi connectivity index (χ0) is 13.7. The molecule has 0 aliphatic carbocycles. The van der Waals surface area contributed by atoms with E-state index in [1.165, 1.54) is 11.6 Å². The van der Waals surface area contributed by atoms with Gasteiger partial charge in [-0.1, -0.05) is 22.9 Å². The van der Waals surface area contributed by atoms with Crippen LogP contribution < -0.4 is 5.32 Å². The molecule has 4 heteroatoms. The van der Waals surface area contributed by atoms with Crippen LogP contribution in [0.4, 0.5) is 4.39 Å². The van der Waals surface area contributed by atoms with Crippen molar-refractivity contribution >= 4 is 15.9 Å². The lowest BCUT2D eigenvalue weighted by Gasteiger charge is -2.05. The van der Waals surface area contributed by atoms with Crippen LogP contribution in [0.5, 0.6) is 0 Å². The van der Waals surface area contributed by atoms with E-state index in [1.807, 2.05) is 16.8 Å². The van der Waals surface area contributed by atoms with Gasteiger partial charge in [0.25, 0.3) is 0 Å². The van der Waals surface area contributed by atoms with Crippen molar-refractivity contribution in [2.45, 2.75) is 26.4 Å². The Labute approximate surface area is 121 Å². The maximum atomic E-state index is 13.7. The number of rotatable bonds is 6. The van der Waals surface area contributed by atoms with Gasteiger partial charge in [-0.05, 0) is 42.8 Å². The molecule has 2 rings (SSSR count). The number of nitrogens with one attached hydrogen (secondary N) is 1. The molecule has 0 saturated carbocycles. The Morgan fingerprint density at radius 1 is 1.32 bits per heavy atom. The molecule has 1 aromatic carbocycles. The van der Waals surface area contributed by atoms with Gasteiger partial charge in [0.2, 0.25) is 0 Å². The van der Waals surface area contributed by atoms with E-state index in [0.717, 1.165) is 24.0 Å². The molecular formula is C15H18BrFN2. The third kappa shape index (κ3) is 4.18. The van der Waals surface area contributed by atoms with Gasteiger partial charge < -0.3 is 9.88 Å². The first kappa shape index (κ1) is 14.3. The first-order valence-corrected chi connectivity index (χ1v) is 7.27. The average molecular weight is 325 g/mol. The smallest absolute Gasteiger partial charge is 0.128 e. The summed E-state index contributed by atoms with van der Waals surface area (Å²) in [7, 11) is 0. The van der Waals surface area contributed by atoms with E-state index in [-0.39, 0.29) is 5.82 Å².